The van der Waals surface area contributed by atoms with Crippen molar-refractivity contribution in [3.63, 3.8) is 0 Å². The molecule has 1 aliphatic heterocycles. The maximum atomic E-state index is 5.70. The number of aryl methyl sites for hydroxylation is 1. The Hall–Kier alpha value is -1.11. The fraction of sp³-hybridized carbons (Fsp3) is 0.727. The van der Waals surface area contributed by atoms with Gasteiger partial charge in [0.05, 0.1) is 31.1 Å². The highest BCUT2D eigenvalue weighted by atomic mass is 16.5. The van der Waals surface area contributed by atoms with Gasteiger partial charge in [-0.25, -0.2) is 0 Å². The summed E-state index contributed by atoms with van der Waals surface area (Å²) < 4.78 is 12.7. The molecule has 0 amide bonds. The molecule has 1 aromatic heterocycles. The number of nitrogens with two attached hydrogens (primary N) is 1. The van der Waals surface area contributed by atoms with E-state index in [1.54, 1.807) is 18.0 Å². The Balaban J connectivity index is 2.31. The number of hydrogen-bond donors (Lipinski definition) is 2. The molecule has 3 N–H and O–H groups in total. The van der Waals surface area contributed by atoms with Crippen molar-refractivity contribution in [3.05, 3.63) is 11.9 Å². The lowest BCUT2D eigenvalue weighted by Crippen LogP contribution is -2.37. The van der Waals surface area contributed by atoms with E-state index in [2.05, 4.69) is 17.4 Å². The Kier molecular flexibility index (Phi) is 3.66. The standard InChI is InChI=1S/C11H20N4O2/c1-7-8(4-5-17-7)10(14-12)11-9(16-3)6-13-15(11)2/h6-8,10,14H,4-5,12H2,1-3H3. The summed E-state index contributed by atoms with van der Waals surface area (Å²) in [4.78, 5) is 0. The minimum absolute atomic E-state index is 0.00468. The molecular formula is C11H20N4O2. The monoisotopic (exact) mass is 240 g/mol. The summed E-state index contributed by atoms with van der Waals surface area (Å²) in [5, 5.41) is 4.21. The van der Waals surface area contributed by atoms with E-state index in [4.69, 9.17) is 15.3 Å². The average molecular weight is 240 g/mol. The third-order valence-corrected chi connectivity index (χ3v) is 3.51. The molecule has 1 aliphatic rings. The maximum Gasteiger partial charge on any atom is 0.161 e. The predicted octanol–water partition coefficient (Wildman–Crippen LogP) is 0.358. The first-order valence-corrected chi connectivity index (χ1v) is 5.82. The minimum atomic E-state index is -0.00468. The van der Waals surface area contributed by atoms with Crippen LogP contribution in [0, 0.1) is 5.92 Å². The van der Waals surface area contributed by atoms with Crippen molar-refractivity contribution in [3.8, 4) is 5.75 Å². The molecule has 0 spiro atoms. The number of aromatic nitrogens is 2. The molecular weight excluding hydrogens is 220 g/mol. The smallest absolute Gasteiger partial charge is 0.161 e. The second-order valence-electron chi connectivity index (χ2n) is 4.39. The molecule has 6 nitrogen and oxygen atoms in total. The molecule has 2 heterocycles. The molecule has 0 bridgehead atoms. The number of methoxy groups -OCH3 is 1. The van der Waals surface area contributed by atoms with Crippen molar-refractivity contribution < 1.29 is 9.47 Å². The van der Waals surface area contributed by atoms with Crippen LogP contribution in [0.1, 0.15) is 25.1 Å². The third kappa shape index (κ3) is 2.15. The van der Waals surface area contributed by atoms with Gasteiger partial charge in [-0.1, -0.05) is 0 Å². The number of rotatable bonds is 4. The van der Waals surface area contributed by atoms with Crippen molar-refractivity contribution >= 4 is 0 Å². The number of hydrazine groups is 1. The molecule has 1 saturated heterocycles. The largest absolute Gasteiger partial charge is 0.493 e. The van der Waals surface area contributed by atoms with E-state index in [9.17, 15) is 0 Å². The van der Waals surface area contributed by atoms with Gasteiger partial charge in [-0.2, -0.15) is 5.10 Å². The fourth-order valence-electron chi connectivity index (χ4n) is 2.53. The first-order chi connectivity index (χ1) is 8.19. The van der Waals surface area contributed by atoms with Gasteiger partial charge in [0.1, 0.15) is 0 Å². The predicted molar refractivity (Wildman–Crippen MR) is 63.3 cm³/mol. The first-order valence-electron chi connectivity index (χ1n) is 5.82. The summed E-state index contributed by atoms with van der Waals surface area (Å²) in [7, 11) is 3.53. The maximum absolute atomic E-state index is 5.70. The first kappa shape index (κ1) is 12.3. The lowest BCUT2D eigenvalue weighted by molar-refractivity contribution is 0.0941. The molecule has 0 radical (unpaired) electrons. The lowest BCUT2D eigenvalue weighted by Gasteiger charge is -2.25. The highest BCUT2D eigenvalue weighted by Gasteiger charge is 2.35. The zero-order valence-electron chi connectivity index (χ0n) is 10.5. The van der Waals surface area contributed by atoms with Crippen LogP contribution in [0.2, 0.25) is 0 Å². The van der Waals surface area contributed by atoms with Gasteiger partial charge < -0.3 is 9.47 Å². The summed E-state index contributed by atoms with van der Waals surface area (Å²) in [5.41, 5.74) is 3.84. The topological polar surface area (TPSA) is 74.3 Å². The minimum Gasteiger partial charge on any atom is -0.493 e. The zero-order valence-corrected chi connectivity index (χ0v) is 10.5. The highest BCUT2D eigenvalue weighted by molar-refractivity contribution is 5.29. The van der Waals surface area contributed by atoms with Crippen molar-refractivity contribution in [2.24, 2.45) is 18.8 Å². The molecule has 96 valence electrons. The second-order valence-corrected chi connectivity index (χ2v) is 4.39. The summed E-state index contributed by atoms with van der Waals surface area (Å²) in [6.45, 7) is 2.86. The highest BCUT2D eigenvalue weighted by Crippen LogP contribution is 2.36. The van der Waals surface area contributed by atoms with Crippen LogP contribution in [0.5, 0.6) is 5.75 Å². The van der Waals surface area contributed by atoms with Gasteiger partial charge >= 0.3 is 0 Å². The van der Waals surface area contributed by atoms with Gasteiger partial charge in [-0.05, 0) is 13.3 Å². The number of nitrogens with one attached hydrogen (secondary N) is 1. The van der Waals surface area contributed by atoms with E-state index < -0.39 is 0 Å². The van der Waals surface area contributed by atoms with Crippen LogP contribution in [-0.4, -0.2) is 29.6 Å². The summed E-state index contributed by atoms with van der Waals surface area (Å²) in [5.74, 6) is 6.79. The van der Waals surface area contributed by atoms with Crippen LogP contribution in [0.15, 0.2) is 6.20 Å². The van der Waals surface area contributed by atoms with Gasteiger partial charge in [-0.3, -0.25) is 16.0 Å². The zero-order chi connectivity index (χ0) is 12.4. The Morgan fingerprint density at radius 1 is 1.71 bits per heavy atom. The number of ether oxygens (including phenoxy) is 2. The van der Waals surface area contributed by atoms with Crippen LogP contribution in [0.25, 0.3) is 0 Å². The summed E-state index contributed by atoms with van der Waals surface area (Å²) in [6.07, 6.45) is 2.89. The fourth-order valence-corrected chi connectivity index (χ4v) is 2.53. The van der Waals surface area contributed by atoms with E-state index in [1.807, 2.05) is 7.05 Å². The van der Waals surface area contributed by atoms with Gasteiger partial charge in [-0.15, -0.1) is 0 Å². The van der Waals surface area contributed by atoms with Crippen molar-refractivity contribution in [1.29, 1.82) is 0 Å². The van der Waals surface area contributed by atoms with Gasteiger partial charge in [0, 0.05) is 19.6 Å². The Labute approximate surface area is 101 Å². The molecule has 2 rings (SSSR count). The number of nitrogens with zero attached hydrogens (tertiary/aromatic N) is 2. The van der Waals surface area contributed by atoms with Crippen LogP contribution in [0.4, 0.5) is 0 Å². The second kappa shape index (κ2) is 5.03. The van der Waals surface area contributed by atoms with E-state index >= 15 is 0 Å². The lowest BCUT2D eigenvalue weighted by atomic mass is 9.91. The Morgan fingerprint density at radius 2 is 2.47 bits per heavy atom. The van der Waals surface area contributed by atoms with Gasteiger partial charge in [0.25, 0.3) is 0 Å². The normalized spacial score (nSPS) is 26.1. The molecule has 6 heteroatoms. The molecule has 3 atom stereocenters. The van der Waals surface area contributed by atoms with E-state index in [-0.39, 0.29) is 12.1 Å². The molecule has 0 aromatic carbocycles. The van der Waals surface area contributed by atoms with E-state index in [0.717, 1.165) is 24.5 Å². The van der Waals surface area contributed by atoms with Crippen molar-refractivity contribution in [1.82, 2.24) is 15.2 Å². The summed E-state index contributed by atoms with van der Waals surface area (Å²) in [6, 6.07) is -0.00468. The van der Waals surface area contributed by atoms with Crippen molar-refractivity contribution in [2.75, 3.05) is 13.7 Å². The summed E-state index contributed by atoms with van der Waals surface area (Å²) >= 11 is 0. The number of hydrogen-bond acceptors (Lipinski definition) is 5. The average Bonchev–Trinajstić information content (AvgIpc) is 2.89. The molecule has 0 aliphatic carbocycles. The Bertz CT molecular complexity index is 380. The molecule has 0 saturated carbocycles. The van der Waals surface area contributed by atoms with Crippen LogP contribution >= 0.6 is 0 Å². The van der Waals surface area contributed by atoms with E-state index in [0.29, 0.717) is 5.92 Å². The van der Waals surface area contributed by atoms with Gasteiger partial charge in [0.2, 0.25) is 0 Å². The van der Waals surface area contributed by atoms with Crippen LogP contribution in [-0.2, 0) is 11.8 Å². The third-order valence-electron chi connectivity index (χ3n) is 3.51. The van der Waals surface area contributed by atoms with E-state index in [1.165, 1.54) is 0 Å². The Morgan fingerprint density at radius 3 is 3.00 bits per heavy atom. The molecule has 3 unspecified atom stereocenters. The van der Waals surface area contributed by atoms with Gasteiger partial charge in [0.15, 0.2) is 5.75 Å². The molecule has 1 fully saturated rings. The van der Waals surface area contributed by atoms with Crippen molar-refractivity contribution in [2.45, 2.75) is 25.5 Å². The SMILES string of the molecule is COc1cnn(C)c1C(NN)C1CCOC1C. The quantitative estimate of drug-likeness (QED) is 0.587. The van der Waals surface area contributed by atoms with Crippen LogP contribution < -0.4 is 16.0 Å². The van der Waals surface area contributed by atoms with Crippen LogP contribution in [0.3, 0.4) is 0 Å². The molecule has 17 heavy (non-hydrogen) atoms. The molecule has 1 aromatic rings.